The highest BCUT2D eigenvalue weighted by Gasteiger charge is 2.21. The minimum Gasteiger partial charge on any atom is -0.304 e. The predicted molar refractivity (Wildman–Crippen MR) is 70.8 cm³/mol. The van der Waals surface area contributed by atoms with Gasteiger partial charge in [0.05, 0.1) is 17.1 Å². The van der Waals surface area contributed by atoms with Gasteiger partial charge in [-0.3, -0.25) is 4.68 Å². The van der Waals surface area contributed by atoms with Crippen molar-refractivity contribution in [1.82, 2.24) is 15.1 Å². The fourth-order valence-corrected chi connectivity index (χ4v) is 3.31. The molecule has 100 valence electrons. The minimum atomic E-state index is -2.98. The number of rotatable bonds is 5. The van der Waals surface area contributed by atoms with Crippen molar-refractivity contribution >= 4 is 9.84 Å². The summed E-state index contributed by atoms with van der Waals surface area (Å²) in [5.74, 6) is 0.161. The van der Waals surface area contributed by atoms with Crippen LogP contribution in [0.3, 0.4) is 0 Å². The molecule has 1 aromatic rings. The molecule has 6 heteroatoms. The SMILES string of the molecule is CCc1cc(CNC2C=CS(=O)(=O)C2)n(CC)n1. The van der Waals surface area contributed by atoms with Gasteiger partial charge in [-0.1, -0.05) is 13.0 Å². The lowest BCUT2D eigenvalue weighted by Gasteiger charge is -2.10. The maximum Gasteiger partial charge on any atom is 0.173 e. The third kappa shape index (κ3) is 3.00. The van der Waals surface area contributed by atoms with Gasteiger partial charge in [0.1, 0.15) is 0 Å². The van der Waals surface area contributed by atoms with E-state index in [1.165, 1.54) is 5.41 Å². The highest BCUT2D eigenvalue weighted by Crippen LogP contribution is 2.10. The lowest BCUT2D eigenvalue weighted by molar-refractivity contribution is 0.556. The van der Waals surface area contributed by atoms with Gasteiger partial charge in [0.15, 0.2) is 9.84 Å². The van der Waals surface area contributed by atoms with Crippen LogP contribution in [0.5, 0.6) is 0 Å². The van der Waals surface area contributed by atoms with Gasteiger partial charge in [-0.25, -0.2) is 8.42 Å². The number of aryl methyl sites for hydroxylation is 2. The molecular formula is C12H19N3O2S. The number of hydrogen-bond donors (Lipinski definition) is 1. The predicted octanol–water partition coefficient (Wildman–Crippen LogP) is 0.866. The maximum atomic E-state index is 11.3. The standard InChI is InChI=1S/C12H19N3O2S/c1-3-10-7-12(15(4-2)14-10)8-13-11-5-6-18(16,17)9-11/h5-7,11,13H,3-4,8-9H2,1-2H3. The van der Waals surface area contributed by atoms with E-state index >= 15 is 0 Å². The van der Waals surface area contributed by atoms with Crippen molar-refractivity contribution in [3.63, 3.8) is 0 Å². The summed E-state index contributed by atoms with van der Waals surface area (Å²) in [4.78, 5) is 0. The summed E-state index contributed by atoms with van der Waals surface area (Å²) in [6.07, 6.45) is 2.63. The molecule has 2 heterocycles. The van der Waals surface area contributed by atoms with Crippen molar-refractivity contribution in [3.05, 3.63) is 28.9 Å². The van der Waals surface area contributed by atoms with E-state index in [0.29, 0.717) is 6.54 Å². The summed E-state index contributed by atoms with van der Waals surface area (Å²) in [7, 11) is -2.98. The quantitative estimate of drug-likeness (QED) is 0.861. The van der Waals surface area contributed by atoms with Gasteiger partial charge < -0.3 is 5.32 Å². The Morgan fingerprint density at radius 1 is 1.50 bits per heavy atom. The van der Waals surface area contributed by atoms with Gasteiger partial charge in [-0.05, 0) is 19.4 Å². The van der Waals surface area contributed by atoms with Crippen LogP contribution in [0.1, 0.15) is 25.2 Å². The van der Waals surface area contributed by atoms with E-state index in [-0.39, 0.29) is 11.8 Å². The Balaban J connectivity index is 1.98. The van der Waals surface area contributed by atoms with Crippen LogP contribution in [-0.4, -0.2) is 30.0 Å². The van der Waals surface area contributed by atoms with Crippen LogP contribution in [0.15, 0.2) is 17.6 Å². The molecule has 1 aromatic heterocycles. The van der Waals surface area contributed by atoms with Crippen LogP contribution < -0.4 is 5.32 Å². The molecule has 0 bridgehead atoms. The average Bonchev–Trinajstić information content (AvgIpc) is 2.89. The number of aromatic nitrogens is 2. The zero-order chi connectivity index (χ0) is 13.2. The number of sulfone groups is 1. The molecule has 0 saturated heterocycles. The van der Waals surface area contributed by atoms with E-state index in [9.17, 15) is 8.42 Å². The van der Waals surface area contributed by atoms with Crippen LogP contribution in [-0.2, 0) is 29.3 Å². The molecule has 5 nitrogen and oxygen atoms in total. The molecular weight excluding hydrogens is 250 g/mol. The lowest BCUT2D eigenvalue weighted by atomic mass is 10.3. The lowest BCUT2D eigenvalue weighted by Crippen LogP contribution is -2.30. The summed E-state index contributed by atoms with van der Waals surface area (Å²) in [5.41, 5.74) is 2.18. The Labute approximate surface area is 108 Å². The van der Waals surface area contributed by atoms with Gasteiger partial charge in [-0.15, -0.1) is 0 Å². The van der Waals surface area contributed by atoms with E-state index in [2.05, 4.69) is 30.3 Å². The van der Waals surface area contributed by atoms with Gasteiger partial charge in [0.2, 0.25) is 0 Å². The van der Waals surface area contributed by atoms with Crippen LogP contribution in [0.25, 0.3) is 0 Å². The zero-order valence-electron chi connectivity index (χ0n) is 10.8. The second-order valence-corrected chi connectivity index (χ2v) is 6.37. The van der Waals surface area contributed by atoms with Crippen molar-refractivity contribution in [2.75, 3.05) is 5.75 Å². The Hall–Kier alpha value is -1.14. The summed E-state index contributed by atoms with van der Waals surface area (Å²) >= 11 is 0. The third-order valence-corrected chi connectivity index (χ3v) is 4.45. The Morgan fingerprint density at radius 2 is 2.28 bits per heavy atom. The van der Waals surface area contributed by atoms with Gasteiger partial charge in [0, 0.05) is 24.5 Å². The molecule has 0 saturated carbocycles. The Bertz CT molecular complexity index is 546. The fraction of sp³-hybridized carbons (Fsp3) is 0.583. The molecule has 0 amide bonds. The molecule has 0 fully saturated rings. The molecule has 1 aliphatic heterocycles. The molecule has 0 spiro atoms. The maximum absolute atomic E-state index is 11.3. The summed E-state index contributed by atoms with van der Waals surface area (Å²) < 4.78 is 24.5. The van der Waals surface area contributed by atoms with Gasteiger partial charge in [0.25, 0.3) is 0 Å². The molecule has 18 heavy (non-hydrogen) atoms. The van der Waals surface area contributed by atoms with Crippen LogP contribution in [0.2, 0.25) is 0 Å². The monoisotopic (exact) mass is 269 g/mol. The summed E-state index contributed by atoms with van der Waals surface area (Å²) in [5, 5.41) is 8.99. The van der Waals surface area contributed by atoms with Gasteiger partial charge >= 0.3 is 0 Å². The fourth-order valence-electron chi connectivity index (χ4n) is 2.04. The summed E-state index contributed by atoms with van der Waals surface area (Å²) in [6, 6.07) is 1.99. The van der Waals surface area contributed by atoms with Crippen molar-refractivity contribution in [3.8, 4) is 0 Å². The second-order valence-electron chi connectivity index (χ2n) is 4.44. The minimum absolute atomic E-state index is 0.0831. The number of nitrogens with one attached hydrogen (secondary N) is 1. The number of nitrogens with zero attached hydrogens (tertiary/aromatic N) is 2. The molecule has 2 rings (SSSR count). The van der Waals surface area contributed by atoms with E-state index in [1.54, 1.807) is 6.08 Å². The normalized spacial score (nSPS) is 21.6. The second kappa shape index (κ2) is 5.24. The van der Waals surface area contributed by atoms with Crippen molar-refractivity contribution < 1.29 is 8.42 Å². The highest BCUT2D eigenvalue weighted by atomic mass is 32.2. The van der Waals surface area contributed by atoms with Crippen molar-refractivity contribution in [1.29, 1.82) is 0 Å². The first-order valence-electron chi connectivity index (χ1n) is 6.24. The van der Waals surface area contributed by atoms with E-state index < -0.39 is 9.84 Å². The smallest absolute Gasteiger partial charge is 0.173 e. The highest BCUT2D eigenvalue weighted by molar-refractivity contribution is 7.94. The molecule has 1 N–H and O–H groups in total. The largest absolute Gasteiger partial charge is 0.304 e. The molecule has 1 aliphatic rings. The summed E-state index contributed by atoms with van der Waals surface area (Å²) in [6.45, 7) is 5.60. The molecule has 0 radical (unpaired) electrons. The topological polar surface area (TPSA) is 64.0 Å². The molecule has 1 atom stereocenters. The zero-order valence-corrected chi connectivity index (χ0v) is 11.6. The van der Waals surface area contributed by atoms with E-state index in [0.717, 1.165) is 24.4 Å². The van der Waals surface area contributed by atoms with Crippen LogP contribution in [0, 0.1) is 0 Å². The third-order valence-electron chi connectivity index (χ3n) is 3.05. The molecule has 0 aliphatic carbocycles. The number of hydrogen-bond acceptors (Lipinski definition) is 4. The Morgan fingerprint density at radius 3 is 2.83 bits per heavy atom. The van der Waals surface area contributed by atoms with Crippen molar-refractivity contribution in [2.24, 2.45) is 0 Å². The average molecular weight is 269 g/mol. The van der Waals surface area contributed by atoms with Crippen molar-refractivity contribution in [2.45, 2.75) is 39.4 Å². The first-order valence-corrected chi connectivity index (χ1v) is 7.95. The Kier molecular flexibility index (Phi) is 3.87. The first-order chi connectivity index (χ1) is 8.54. The van der Waals surface area contributed by atoms with Crippen LogP contribution in [0.4, 0.5) is 0 Å². The molecule has 1 unspecified atom stereocenters. The van der Waals surface area contributed by atoms with Crippen LogP contribution >= 0.6 is 0 Å². The van der Waals surface area contributed by atoms with E-state index in [1.807, 2.05) is 4.68 Å². The van der Waals surface area contributed by atoms with Gasteiger partial charge in [-0.2, -0.15) is 5.10 Å². The first kappa shape index (κ1) is 13.3. The van der Waals surface area contributed by atoms with E-state index in [4.69, 9.17) is 0 Å². The molecule has 0 aromatic carbocycles.